The molecular formula is C9H12NO3-. The Morgan fingerprint density at radius 3 is 2.23 bits per heavy atom. The molecule has 1 aromatic rings. The molecular weight excluding hydrogens is 170 g/mol. The van der Waals surface area contributed by atoms with Crippen LogP contribution in [0, 0.1) is 6.92 Å². The Kier molecular flexibility index (Phi) is 2.15. The Balaban J connectivity index is 3.22. The summed E-state index contributed by atoms with van der Waals surface area (Å²) in [7, 11) is 0. The summed E-state index contributed by atoms with van der Waals surface area (Å²) in [6, 6.07) is 0. The van der Waals surface area contributed by atoms with Gasteiger partial charge in [-0.2, -0.15) is 0 Å². The molecule has 0 aromatic carbocycles. The maximum Gasteiger partial charge on any atom is 0.145 e. The molecule has 72 valence electrons. The third-order valence-corrected chi connectivity index (χ3v) is 1.80. The first kappa shape index (κ1) is 9.77. The van der Waals surface area contributed by atoms with Gasteiger partial charge in [-0.15, -0.1) is 0 Å². The van der Waals surface area contributed by atoms with Crippen molar-refractivity contribution in [3.05, 3.63) is 17.0 Å². The van der Waals surface area contributed by atoms with E-state index in [9.17, 15) is 9.90 Å². The molecule has 0 radical (unpaired) electrons. The van der Waals surface area contributed by atoms with Gasteiger partial charge in [0.05, 0.1) is 5.97 Å². The van der Waals surface area contributed by atoms with Crippen molar-refractivity contribution in [2.75, 3.05) is 0 Å². The van der Waals surface area contributed by atoms with Crippen molar-refractivity contribution in [3.8, 4) is 0 Å². The number of nitrogens with zero attached hydrogens (tertiary/aromatic N) is 1. The van der Waals surface area contributed by atoms with Gasteiger partial charge >= 0.3 is 0 Å². The van der Waals surface area contributed by atoms with E-state index in [1.165, 1.54) is 0 Å². The van der Waals surface area contributed by atoms with Crippen molar-refractivity contribution in [1.29, 1.82) is 0 Å². The molecule has 0 aliphatic rings. The van der Waals surface area contributed by atoms with E-state index in [1.54, 1.807) is 6.92 Å². The summed E-state index contributed by atoms with van der Waals surface area (Å²) in [6.07, 6.45) is 0. The molecule has 0 N–H and O–H groups in total. The number of hydrogen-bond donors (Lipinski definition) is 0. The molecule has 13 heavy (non-hydrogen) atoms. The van der Waals surface area contributed by atoms with E-state index in [0.29, 0.717) is 11.3 Å². The summed E-state index contributed by atoms with van der Waals surface area (Å²) < 4.78 is 4.95. The molecule has 0 aliphatic heterocycles. The highest BCUT2D eigenvalue weighted by atomic mass is 16.5. The lowest BCUT2D eigenvalue weighted by atomic mass is 9.90. The molecule has 0 bridgehead atoms. The Morgan fingerprint density at radius 1 is 1.46 bits per heavy atom. The van der Waals surface area contributed by atoms with E-state index in [-0.39, 0.29) is 11.1 Å². The molecule has 1 aromatic heterocycles. The first-order valence-electron chi connectivity index (χ1n) is 4.02. The molecule has 4 nitrogen and oxygen atoms in total. The number of carbonyl (C=O) groups excluding carboxylic acids is 1. The largest absolute Gasteiger partial charge is 0.543 e. The topological polar surface area (TPSA) is 66.2 Å². The standard InChI is InChI=1S/C9H13NO3/c1-5-6(8(11)12)10-13-7(5)9(2,3)4/h1-4H3,(H,11,12)/p-1. The number of aromatic carboxylic acids is 1. The van der Waals surface area contributed by atoms with E-state index in [2.05, 4.69) is 5.16 Å². The van der Waals surface area contributed by atoms with Gasteiger partial charge in [0.2, 0.25) is 0 Å². The predicted molar refractivity (Wildman–Crippen MR) is 44.3 cm³/mol. The lowest BCUT2D eigenvalue weighted by molar-refractivity contribution is -0.255. The second-order valence-corrected chi connectivity index (χ2v) is 4.02. The van der Waals surface area contributed by atoms with Crippen LogP contribution in [0.3, 0.4) is 0 Å². The molecule has 0 fully saturated rings. The van der Waals surface area contributed by atoms with E-state index < -0.39 is 5.97 Å². The molecule has 0 amide bonds. The predicted octanol–water partition coefficient (Wildman–Crippen LogP) is 0.644. The van der Waals surface area contributed by atoms with Gasteiger partial charge < -0.3 is 14.4 Å². The summed E-state index contributed by atoms with van der Waals surface area (Å²) in [6.45, 7) is 7.46. The number of aromatic nitrogens is 1. The van der Waals surface area contributed by atoms with Crippen LogP contribution in [0.25, 0.3) is 0 Å². The van der Waals surface area contributed by atoms with Gasteiger partial charge in [-0.1, -0.05) is 25.9 Å². The number of hydrogen-bond acceptors (Lipinski definition) is 4. The first-order valence-corrected chi connectivity index (χ1v) is 4.02. The number of carboxylic acids is 1. The molecule has 0 spiro atoms. The number of carboxylic acid groups (broad SMARTS) is 1. The van der Waals surface area contributed by atoms with Crippen molar-refractivity contribution in [2.45, 2.75) is 33.1 Å². The van der Waals surface area contributed by atoms with Crippen LogP contribution >= 0.6 is 0 Å². The third kappa shape index (κ3) is 1.71. The second kappa shape index (κ2) is 2.87. The lowest BCUT2D eigenvalue weighted by Crippen LogP contribution is -2.24. The summed E-state index contributed by atoms with van der Waals surface area (Å²) in [5.41, 5.74) is 0.211. The zero-order valence-corrected chi connectivity index (χ0v) is 8.17. The van der Waals surface area contributed by atoms with E-state index >= 15 is 0 Å². The van der Waals surface area contributed by atoms with Crippen molar-refractivity contribution in [3.63, 3.8) is 0 Å². The lowest BCUT2D eigenvalue weighted by Gasteiger charge is -2.14. The maximum atomic E-state index is 10.5. The minimum atomic E-state index is -1.29. The van der Waals surface area contributed by atoms with Crippen molar-refractivity contribution < 1.29 is 14.4 Å². The minimum Gasteiger partial charge on any atom is -0.543 e. The highest BCUT2D eigenvalue weighted by molar-refractivity contribution is 5.85. The van der Waals surface area contributed by atoms with Crippen molar-refractivity contribution in [1.82, 2.24) is 5.16 Å². The van der Waals surface area contributed by atoms with Gasteiger partial charge in [-0.25, -0.2) is 0 Å². The van der Waals surface area contributed by atoms with Crippen LogP contribution in [0.5, 0.6) is 0 Å². The zero-order chi connectivity index (χ0) is 10.2. The summed E-state index contributed by atoms with van der Waals surface area (Å²) in [5.74, 6) is -0.705. The van der Waals surface area contributed by atoms with E-state index in [4.69, 9.17) is 4.52 Å². The minimum absolute atomic E-state index is 0.107. The van der Waals surface area contributed by atoms with Crippen LogP contribution in [0.15, 0.2) is 4.52 Å². The third-order valence-electron chi connectivity index (χ3n) is 1.80. The average Bonchev–Trinajstić information content (AvgIpc) is 2.28. The van der Waals surface area contributed by atoms with Crippen LogP contribution in [0.1, 0.15) is 42.6 Å². The maximum absolute atomic E-state index is 10.5. The van der Waals surface area contributed by atoms with Crippen molar-refractivity contribution in [2.24, 2.45) is 0 Å². The smallest absolute Gasteiger partial charge is 0.145 e. The van der Waals surface area contributed by atoms with Gasteiger partial charge in [0.15, 0.2) is 0 Å². The first-order chi connectivity index (χ1) is 5.84. The van der Waals surface area contributed by atoms with Crippen LogP contribution in [0.4, 0.5) is 0 Å². The Labute approximate surface area is 76.5 Å². The Hall–Kier alpha value is -1.32. The highest BCUT2D eigenvalue weighted by Gasteiger charge is 2.24. The van der Waals surface area contributed by atoms with Gasteiger partial charge in [0, 0.05) is 11.0 Å². The normalized spacial score (nSPS) is 11.7. The quantitative estimate of drug-likeness (QED) is 0.639. The molecule has 0 aliphatic carbocycles. The summed E-state index contributed by atoms with van der Waals surface area (Å²) in [4.78, 5) is 10.5. The van der Waals surface area contributed by atoms with Gasteiger partial charge in [-0.3, -0.25) is 0 Å². The van der Waals surface area contributed by atoms with E-state index in [1.807, 2.05) is 20.8 Å². The van der Waals surface area contributed by atoms with Crippen LogP contribution in [-0.2, 0) is 5.41 Å². The van der Waals surface area contributed by atoms with Crippen molar-refractivity contribution >= 4 is 5.97 Å². The number of carbonyl (C=O) groups is 1. The van der Waals surface area contributed by atoms with Gasteiger partial charge in [0.1, 0.15) is 11.5 Å². The second-order valence-electron chi connectivity index (χ2n) is 4.02. The summed E-state index contributed by atoms with van der Waals surface area (Å²) >= 11 is 0. The molecule has 0 atom stereocenters. The Morgan fingerprint density at radius 2 is 2.00 bits per heavy atom. The fourth-order valence-electron chi connectivity index (χ4n) is 1.23. The molecule has 0 saturated carbocycles. The SMILES string of the molecule is Cc1c(C(=O)[O-])noc1C(C)(C)C. The molecule has 1 heterocycles. The van der Waals surface area contributed by atoms with Crippen LogP contribution in [-0.4, -0.2) is 11.1 Å². The van der Waals surface area contributed by atoms with E-state index in [0.717, 1.165) is 0 Å². The Bertz CT molecular complexity index is 333. The fraction of sp³-hybridized carbons (Fsp3) is 0.556. The molecule has 0 unspecified atom stereocenters. The average molecular weight is 182 g/mol. The molecule has 4 heteroatoms. The zero-order valence-electron chi connectivity index (χ0n) is 8.17. The van der Waals surface area contributed by atoms with Gasteiger partial charge in [-0.05, 0) is 6.92 Å². The molecule has 1 rings (SSSR count). The summed E-state index contributed by atoms with van der Waals surface area (Å²) in [5, 5.41) is 14.0. The van der Waals surface area contributed by atoms with Gasteiger partial charge in [0.25, 0.3) is 0 Å². The van der Waals surface area contributed by atoms with Crippen LogP contribution < -0.4 is 5.11 Å². The number of rotatable bonds is 1. The molecule has 0 saturated heterocycles. The monoisotopic (exact) mass is 182 g/mol. The highest BCUT2D eigenvalue weighted by Crippen LogP contribution is 2.26. The fourth-order valence-corrected chi connectivity index (χ4v) is 1.23. The van der Waals surface area contributed by atoms with Crippen LogP contribution in [0.2, 0.25) is 0 Å².